The Morgan fingerprint density at radius 2 is 1.53 bits per heavy atom. The Morgan fingerprint density at radius 3 is 2.16 bits per heavy atom. The van der Waals surface area contributed by atoms with Gasteiger partial charge in [0.05, 0.1) is 21.3 Å². The minimum atomic E-state index is -0.625. The summed E-state index contributed by atoms with van der Waals surface area (Å²) in [5.41, 5.74) is 2.72. The van der Waals surface area contributed by atoms with Crippen molar-refractivity contribution in [2.45, 2.75) is 33.2 Å². The highest BCUT2D eigenvalue weighted by molar-refractivity contribution is 5.81. The molecule has 174 valence electrons. The van der Waals surface area contributed by atoms with Crippen LogP contribution in [-0.2, 0) is 20.9 Å². The fraction of sp³-hybridized carbons (Fsp3) is 0.417. The number of rotatable bonds is 11. The highest BCUT2D eigenvalue weighted by Gasteiger charge is 2.15. The zero-order valence-corrected chi connectivity index (χ0v) is 19.4. The lowest BCUT2D eigenvalue weighted by molar-refractivity contribution is -0.150. The number of aryl methyl sites for hydroxylation is 1. The van der Waals surface area contributed by atoms with E-state index in [2.05, 4.69) is 5.32 Å². The number of carbonyl (C=O) groups excluding carboxylic acids is 2. The standard InChI is InChI=1S/C24H31NO7/c1-15(2)18-8-7-16(3)9-20(18)31-14-24(27)32-13-23(26)25-12-17-10-21(29-5)22(30-6)11-19(17)28-4/h7-11,15H,12-14H2,1-6H3,(H,25,26). The van der Waals surface area contributed by atoms with Crippen molar-refractivity contribution in [1.29, 1.82) is 0 Å². The number of ether oxygens (including phenoxy) is 5. The molecule has 32 heavy (non-hydrogen) atoms. The first-order chi connectivity index (χ1) is 15.3. The Morgan fingerprint density at radius 1 is 0.875 bits per heavy atom. The molecule has 2 rings (SSSR count). The van der Waals surface area contributed by atoms with Crippen LogP contribution in [0.15, 0.2) is 30.3 Å². The maximum absolute atomic E-state index is 12.1. The largest absolute Gasteiger partial charge is 0.496 e. The Balaban J connectivity index is 1.86. The summed E-state index contributed by atoms with van der Waals surface area (Å²) in [4.78, 5) is 24.2. The zero-order chi connectivity index (χ0) is 23.7. The molecule has 8 nitrogen and oxygen atoms in total. The molecule has 1 amide bonds. The molecule has 0 aromatic heterocycles. The van der Waals surface area contributed by atoms with Crippen LogP contribution in [0.4, 0.5) is 0 Å². The molecule has 2 aromatic carbocycles. The Hall–Kier alpha value is -3.42. The maximum Gasteiger partial charge on any atom is 0.344 e. The summed E-state index contributed by atoms with van der Waals surface area (Å²) in [7, 11) is 4.57. The van der Waals surface area contributed by atoms with Crippen LogP contribution in [0.25, 0.3) is 0 Å². The molecule has 2 aromatic rings. The van der Waals surface area contributed by atoms with Gasteiger partial charge in [-0.15, -0.1) is 0 Å². The topological polar surface area (TPSA) is 92.3 Å². The van der Waals surface area contributed by atoms with Gasteiger partial charge >= 0.3 is 5.97 Å². The summed E-state index contributed by atoms with van der Waals surface area (Å²) in [5, 5.41) is 2.69. The van der Waals surface area contributed by atoms with Gasteiger partial charge in [0.25, 0.3) is 5.91 Å². The molecule has 0 saturated carbocycles. The number of amides is 1. The van der Waals surface area contributed by atoms with E-state index in [1.807, 2.05) is 39.0 Å². The third kappa shape index (κ3) is 6.80. The predicted molar refractivity (Wildman–Crippen MR) is 120 cm³/mol. The summed E-state index contributed by atoms with van der Waals surface area (Å²) < 4.78 is 26.5. The number of esters is 1. The Kier molecular flexibility index (Phi) is 9.19. The molecule has 0 atom stereocenters. The van der Waals surface area contributed by atoms with Crippen molar-refractivity contribution in [3.63, 3.8) is 0 Å². The van der Waals surface area contributed by atoms with Gasteiger partial charge in [-0.25, -0.2) is 4.79 Å². The number of carbonyl (C=O) groups is 2. The van der Waals surface area contributed by atoms with E-state index in [9.17, 15) is 9.59 Å². The smallest absolute Gasteiger partial charge is 0.344 e. The fourth-order valence-electron chi connectivity index (χ4n) is 3.04. The average Bonchev–Trinajstić information content (AvgIpc) is 2.79. The van der Waals surface area contributed by atoms with Crippen LogP contribution in [0, 0.1) is 6.92 Å². The highest BCUT2D eigenvalue weighted by atomic mass is 16.6. The van der Waals surface area contributed by atoms with Gasteiger partial charge in [0.15, 0.2) is 24.7 Å². The molecule has 0 aliphatic carbocycles. The lowest BCUT2D eigenvalue weighted by Gasteiger charge is -2.15. The molecule has 1 N–H and O–H groups in total. The molecular formula is C24H31NO7. The van der Waals surface area contributed by atoms with E-state index >= 15 is 0 Å². The lowest BCUT2D eigenvalue weighted by atomic mass is 10.0. The second-order valence-electron chi connectivity index (χ2n) is 7.44. The molecule has 0 aliphatic heterocycles. The third-order valence-corrected chi connectivity index (χ3v) is 4.76. The number of methoxy groups -OCH3 is 3. The molecule has 0 unspecified atom stereocenters. The molecule has 0 spiro atoms. The normalized spacial score (nSPS) is 10.5. The monoisotopic (exact) mass is 445 g/mol. The van der Waals surface area contributed by atoms with Crippen molar-refractivity contribution < 1.29 is 33.3 Å². The van der Waals surface area contributed by atoms with E-state index < -0.39 is 18.5 Å². The first-order valence-electron chi connectivity index (χ1n) is 10.2. The summed E-state index contributed by atoms with van der Waals surface area (Å²) in [6.07, 6.45) is 0. The average molecular weight is 446 g/mol. The van der Waals surface area contributed by atoms with Crippen LogP contribution in [0.1, 0.15) is 36.5 Å². The van der Waals surface area contributed by atoms with Crippen molar-refractivity contribution >= 4 is 11.9 Å². The van der Waals surface area contributed by atoms with Crippen molar-refractivity contribution in [2.75, 3.05) is 34.5 Å². The first-order valence-corrected chi connectivity index (χ1v) is 10.2. The van der Waals surface area contributed by atoms with E-state index in [0.717, 1.165) is 11.1 Å². The van der Waals surface area contributed by atoms with Crippen molar-refractivity contribution in [3.8, 4) is 23.0 Å². The molecule has 0 aliphatic rings. The molecule has 0 heterocycles. The second-order valence-corrected chi connectivity index (χ2v) is 7.44. The van der Waals surface area contributed by atoms with Crippen molar-refractivity contribution in [2.24, 2.45) is 0 Å². The van der Waals surface area contributed by atoms with Gasteiger partial charge in [0.1, 0.15) is 11.5 Å². The minimum absolute atomic E-state index is 0.164. The van der Waals surface area contributed by atoms with Crippen LogP contribution in [0.3, 0.4) is 0 Å². The van der Waals surface area contributed by atoms with Crippen molar-refractivity contribution in [3.05, 3.63) is 47.0 Å². The van der Waals surface area contributed by atoms with Gasteiger partial charge in [-0.2, -0.15) is 0 Å². The number of benzene rings is 2. The van der Waals surface area contributed by atoms with Crippen LogP contribution < -0.4 is 24.3 Å². The van der Waals surface area contributed by atoms with Crippen LogP contribution in [0.2, 0.25) is 0 Å². The number of hydrogen-bond donors (Lipinski definition) is 1. The van der Waals surface area contributed by atoms with E-state index in [4.69, 9.17) is 23.7 Å². The van der Waals surface area contributed by atoms with E-state index in [1.54, 1.807) is 12.1 Å². The van der Waals surface area contributed by atoms with E-state index in [-0.39, 0.29) is 19.1 Å². The molecular weight excluding hydrogens is 414 g/mol. The molecule has 8 heteroatoms. The van der Waals surface area contributed by atoms with Gasteiger partial charge in [-0.05, 0) is 36.1 Å². The quantitative estimate of drug-likeness (QED) is 0.530. The molecule has 0 fully saturated rings. The van der Waals surface area contributed by atoms with Gasteiger partial charge in [0, 0.05) is 18.2 Å². The summed E-state index contributed by atoms with van der Waals surface area (Å²) in [6, 6.07) is 9.25. The SMILES string of the molecule is COc1cc(OC)c(OC)cc1CNC(=O)COC(=O)COc1cc(C)ccc1C(C)C. The van der Waals surface area contributed by atoms with Crippen LogP contribution in [-0.4, -0.2) is 46.4 Å². The zero-order valence-electron chi connectivity index (χ0n) is 19.4. The summed E-state index contributed by atoms with van der Waals surface area (Å²) >= 11 is 0. The number of nitrogens with one attached hydrogen (secondary N) is 1. The van der Waals surface area contributed by atoms with Gasteiger partial charge in [0.2, 0.25) is 0 Å². The molecule has 0 saturated heterocycles. The van der Waals surface area contributed by atoms with Gasteiger partial charge in [-0.1, -0.05) is 26.0 Å². The van der Waals surface area contributed by atoms with Gasteiger partial charge in [-0.3, -0.25) is 4.79 Å². The fourth-order valence-corrected chi connectivity index (χ4v) is 3.04. The van der Waals surface area contributed by atoms with E-state index in [1.165, 1.54) is 21.3 Å². The predicted octanol–water partition coefficient (Wildman–Crippen LogP) is 3.38. The molecule has 0 bridgehead atoms. The van der Waals surface area contributed by atoms with Crippen LogP contribution >= 0.6 is 0 Å². The molecule has 0 radical (unpaired) electrons. The summed E-state index contributed by atoms with van der Waals surface area (Å²) in [5.74, 6) is 1.38. The lowest BCUT2D eigenvalue weighted by Crippen LogP contribution is -2.29. The third-order valence-electron chi connectivity index (χ3n) is 4.76. The van der Waals surface area contributed by atoms with Crippen molar-refractivity contribution in [1.82, 2.24) is 5.32 Å². The highest BCUT2D eigenvalue weighted by Crippen LogP contribution is 2.34. The summed E-state index contributed by atoms with van der Waals surface area (Å²) in [6.45, 7) is 5.52. The maximum atomic E-state index is 12.1. The first kappa shape index (κ1) is 24.8. The Bertz CT molecular complexity index is 940. The minimum Gasteiger partial charge on any atom is -0.496 e. The van der Waals surface area contributed by atoms with Crippen LogP contribution in [0.5, 0.6) is 23.0 Å². The van der Waals surface area contributed by atoms with Gasteiger partial charge < -0.3 is 29.0 Å². The Labute approximate surface area is 188 Å². The number of hydrogen-bond acceptors (Lipinski definition) is 7. The second kappa shape index (κ2) is 11.8. The van der Waals surface area contributed by atoms with E-state index in [0.29, 0.717) is 28.6 Å².